The Hall–Kier alpha value is -3.66. The van der Waals surface area contributed by atoms with Gasteiger partial charge >= 0.3 is 0 Å². The zero-order valence-electron chi connectivity index (χ0n) is 19.9. The first kappa shape index (κ1) is 25.0. The molecule has 5 rings (SSSR count). The zero-order valence-corrected chi connectivity index (χ0v) is 22.3. The van der Waals surface area contributed by atoms with Crippen LogP contribution in [0.5, 0.6) is 0 Å². The first-order chi connectivity index (χ1) is 17.7. The van der Waals surface area contributed by atoms with Crippen LogP contribution in [0.1, 0.15) is 27.2 Å². The Balaban J connectivity index is 1.43. The highest BCUT2D eigenvalue weighted by Gasteiger charge is 2.24. The highest BCUT2D eigenvalue weighted by Crippen LogP contribution is 2.34. The second kappa shape index (κ2) is 10.0. The second-order valence-corrected chi connectivity index (χ2v) is 11.7. The molecule has 10 heteroatoms. The summed E-state index contributed by atoms with van der Waals surface area (Å²) in [5.74, 6) is 0.303. The van der Waals surface area contributed by atoms with E-state index in [-0.39, 0.29) is 17.3 Å². The quantitative estimate of drug-likeness (QED) is 0.240. The van der Waals surface area contributed by atoms with Crippen LogP contribution in [0.4, 0.5) is 10.8 Å². The van der Waals surface area contributed by atoms with Gasteiger partial charge in [0, 0.05) is 16.3 Å². The van der Waals surface area contributed by atoms with Gasteiger partial charge in [-0.1, -0.05) is 40.6 Å². The Bertz CT molecular complexity index is 1680. The van der Waals surface area contributed by atoms with Gasteiger partial charge < -0.3 is 4.42 Å². The average molecular weight is 552 g/mol. The Morgan fingerprint density at radius 1 is 1.05 bits per heavy atom. The molecule has 0 spiro atoms. The zero-order chi connectivity index (χ0) is 26.2. The second-order valence-electron chi connectivity index (χ2n) is 8.53. The van der Waals surface area contributed by atoms with Gasteiger partial charge in [-0.05, 0) is 80.1 Å². The van der Waals surface area contributed by atoms with Crippen molar-refractivity contribution in [1.29, 1.82) is 0 Å². The van der Waals surface area contributed by atoms with E-state index in [0.717, 1.165) is 21.3 Å². The van der Waals surface area contributed by atoms with Gasteiger partial charge in [0.05, 0.1) is 27.9 Å². The molecule has 0 saturated carbocycles. The molecule has 0 saturated heterocycles. The number of amides is 1. The molecule has 0 aliphatic rings. The molecule has 0 aliphatic heterocycles. The van der Waals surface area contributed by atoms with Crippen molar-refractivity contribution in [1.82, 2.24) is 4.98 Å². The molecule has 0 aliphatic carbocycles. The number of sulfonamides is 1. The molecule has 5 aromatic rings. The summed E-state index contributed by atoms with van der Waals surface area (Å²) >= 11 is 7.59. The van der Waals surface area contributed by atoms with Crippen LogP contribution in [0, 0.1) is 13.8 Å². The molecule has 37 heavy (non-hydrogen) atoms. The van der Waals surface area contributed by atoms with E-state index in [2.05, 4.69) is 4.72 Å². The minimum absolute atomic E-state index is 0.161. The highest BCUT2D eigenvalue weighted by molar-refractivity contribution is 7.92. The SMILES string of the molecule is Cc1ccc(S(=O)(=O)Nc2ccc(C(=O)N(Cc3ccco3)c3nc4c(C)cc(Cl)cc4s3)cc2)cc1. The van der Waals surface area contributed by atoms with Crippen molar-refractivity contribution in [3.63, 3.8) is 0 Å². The third kappa shape index (κ3) is 5.39. The maximum Gasteiger partial charge on any atom is 0.261 e. The molecule has 0 unspecified atom stereocenters. The number of nitrogens with one attached hydrogen (secondary N) is 1. The summed E-state index contributed by atoms with van der Waals surface area (Å²) in [7, 11) is -3.76. The van der Waals surface area contributed by atoms with E-state index in [1.165, 1.54) is 11.3 Å². The Kier molecular flexibility index (Phi) is 6.76. The largest absolute Gasteiger partial charge is 0.467 e. The number of hydrogen-bond acceptors (Lipinski definition) is 6. The normalized spacial score (nSPS) is 11.5. The van der Waals surface area contributed by atoms with Crippen molar-refractivity contribution in [2.24, 2.45) is 0 Å². The van der Waals surface area contributed by atoms with Crippen LogP contribution in [-0.4, -0.2) is 19.3 Å². The van der Waals surface area contributed by atoms with Crippen LogP contribution in [0.25, 0.3) is 10.2 Å². The number of halogens is 1. The molecule has 188 valence electrons. The molecular weight excluding hydrogens is 530 g/mol. The predicted octanol–water partition coefficient (Wildman–Crippen LogP) is 6.81. The van der Waals surface area contributed by atoms with E-state index >= 15 is 0 Å². The number of fused-ring (bicyclic) bond motifs is 1. The van der Waals surface area contributed by atoms with Crippen molar-refractivity contribution < 1.29 is 17.6 Å². The summed E-state index contributed by atoms with van der Waals surface area (Å²) < 4.78 is 34.4. The number of thiazole rings is 1. The Morgan fingerprint density at radius 3 is 2.46 bits per heavy atom. The molecule has 2 aromatic heterocycles. The van der Waals surface area contributed by atoms with Crippen LogP contribution in [0.3, 0.4) is 0 Å². The number of carbonyl (C=O) groups excluding carboxylic acids is 1. The van der Waals surface area contributed by atoms with Gasteiger partial charge in [0.2, 0.25) is 0 Å². The van der Waals surface area contributed by atoms with Crippen LogP contribution >= 0.6 is 22.9 Å². The lowest BCUT2D eigenvalue weighted by Crippen LogP contribution is -2.30. The summed E-state index contributed by atoms with van der Waals surface area (Å²) in [5.41, 5.74) is 3.38. The smallest absolute Gasteiger partial charge is 0.261 e. The highest BCUT2D eigenvalue weighted by atomic mass is 35.5. The summed E-state index contributed by atoms with van der Waals surface area (Å²) in [6.07, 6.45) is 1.55. The number of anilines is 2. The van der Waals surface area contributed by atoms with Crippen molar-refractivity contribution in [3.8, 4) is 0 Å². The first-order valence-corrected chi connectivity index (χ1v) is 14.0. The Labute approximate surface area is 223 Å². The third-order valence-corrected chi connectivity index (χ3v) is 8.37. The lowest BCUT2D eigenvalue weighted by Gasteiger charge is -2.19. The minimum atomic E-state index is -3.76. The van der Waals surface area contributed by atoms with E-state index in [1.54, 1.807) is 71.8 Å². The van der Waals surface area contributed by atoms with Gasteiger partial charge in [0.25, 0.3) is 15.9 Å². The van der Waals surface area contributed by atoms with Crippen molar-refractivity contribution >= 4 is 59.9 Å². The number of rotatable bonds is 7. The number of benzene rings is 3. The van der Waals surface area contributed by atoms with Crippen LogP contribution in [-0.2, 0) is 16.6 Å². The van der Waals surface area contributed by atoms with Crippen molar-refractivity contribution in [2.45, 2.75) is 25.3 Å². The molecule has 2 heterocycles. The number of hydrogen-bond donors (Lipinski definition) is 1. The average Bonchev–Trinajstić information content (AvgIpc) is 3.53. The standard InChI is InChI=1S/C27H22ClN3O4S2/c1-17-5-11-23(12-6-17)37(33,34)30-21-9-7-19(8-10-21)26(32)31(16-22-4-3-13-35-22)27-29-25-18(2)14-20(28)15-24(25)36-27/h3-15,30H,16H2,1-2H3. The maximum atomic E-state index is 13.6. The minimum Gasteiger partial charge on any atom is -0.467 e. The van der Waals surface area contributed by atoms with E-state index in [9.17, 15) is 13.2 Å². The molecule has 0 atom stereocenters. The van der Waals surface area contributed by atoms with Gasteiger partial charge in [0.15, 0.2) is 5.13 Å². The van der Waals surface area contributed by atoms with Gasteiger partial charge in [-0.15, -0.1) is 0 Å². The Morgan fingerprint density at radius 2 is 1.78 bits per heavy atom. The monoisotopic (exact) mass is 551 g/mol. The molecule has 0 fully saturated rings. The first-order valence-electron chi connectivity index (χ1n) is 11.3. The summed E-state index contributed by atoms with van der Waals surface area (Å²) in [4.78, 5) is 20.1. The van der Waals surface area contributed by atoms with Gasteiger partial charge in [0.1, 0.15) is 5.76 Å². The number of furan rings is 1. The molecular formula is C27H22ClN3O4S2. The molecule has 0 bridgehead atoms. The molecule has 0 radical (unpaired) electrons. The molecule has 1 N–H and O–H groups in total. The van der Waals surface area contributed by atoms with Gasteiger partial charge in [-0.25, -0.2) is 13.4 Å². The van der Waals surface area contributed by atoms with Crippen molar-refractivity contribution in [2.75, 3.05) is 9.62 Å². The lowest BCUT2D eigenvalue weighted by atomic mass is 10.2. The third-order valence-electron chi connectivity index (χ3n) is 5.72. The fourth-order valence-electron chi connectivity index (χ4n) is 3.81. The predicted molar refractivity (Wildman–Crippen MR) is 147 cm³/mol. The summed E-state index contributed by atoms with van der Waals surface area (Å²) in [6.45, 7) is 3.99. The van der Waals surface area contributed by atoms with Gasteiger partial charge in [-0.2, -0.15) is 0 Å². The van der Waals surface area contributed by atoms with Crippen molar-refractivity contribution in [3.05, 3.63) is 107 Å². The molecule has 3 aromatic carbocycles. The lowest BCUT2D eigenvalue weighted by molar-refractivity contribution is 0.0983. The maximum absolute atomic E-state index is 13.6. The van der Waals surface area contributed by atoms with Crippen LogP contribution < -0.4 is 9.62 Å². The number of aryl methyl sites for hydroxylation is 2. The number of aromatic nitrogens is 1. The van der Waals surface area contributed by atoms with Gasteiger partial charge in [-0.3, -0.25) is 14.4 Å². The summed E-state index contributed by atoms with van der Waals surface area (Å²) in [6, 6.07) is 20.1. The van der Waals surface area contributed by atoms with Crippen LogP contribution in [0.2, 0.25) is 5.02 Å². The van der Waals surface area contributed by atoms with E-state index in [1.807, 2.05) is 26.0 Å². The van der Waals surface area contributed by atoms with E-state index in [0.29, 0.717) is 27.2 Å². The number of nitrogens with zero attached hydrogens (tertiary/aromatic N) is 2. The molecule has 7 nitrogen and oxygen atoms in total. The molecule has 1 amide bonds. The fourth-order valence-corrected chi connectivity index (χ4v) is 6.29. The number of carbonyl (C=O) groups is 1. The van der Waals surface area contributed by atoms with E-state index in [4.69, 9.17) is 21.0 Å². The topological polar surface area (TPSA) is 92.5 Å². The van der Waals surface area contributed by atoms with E-state index < -0.39 is 10.0 Å². The fraction of sp³-hybridized carbons (Fsp3) is 0.111. The van der Waals surface area contributed by atoms with Crippen LogP contribution in [0.15, 0.2) is 88.4 Å². The summed E-state index contributed by atoms with van der Waals surface area (Å²) in [5, 5.41) is 1.11.